The average Bonchev–Trinajstić information content (AvgIpc) is 2.87. The molecule has 2 unspecified atom stereocenters. The van der Waals surface area contributed by atoms with Crippen molar-refractivity contribution >= 4 is 11.8 Å². The highest BCUT2D eigenvalue weighted by Gasteiger charge is 2.40. The van der Waals surface area contributed by atoms with Crippen LogP contribution in [0.3, 0.4) is 0 Å². The van der Waals surface area contributed by atoms with Gasteiger partial charge < -0.3 is 10.1 Å². The summed E-state index contributed by atoms with van der Waals surface area (Å²) in [6.07, 6.45) is 3.23. The minimum Gasteiger partial charge on any atom is -0.374 e. The van der Waals surface area contributed by atoms with Crippen LogP contribution in [-0.4, -0.2) is 29.8 Å². The zero-order valence-electron chi connectivity index (χ0n) is 11.9. The number of halogens is 1. The lowest BCUT2D eigenvalue weighted by Crippen LogP contribution is -2.47. The lowest BCUT2D eigenvalue weighted by atomic mass is 9.89. The number of thioether (sulfide) groups is 1. The molecule has 1 aromatic rings. The van der Waals surface area contributed by atoms with Gasteiger partial charge in [0.2, 0.25) is 0 Å². The molecule has 0 bridgehead atoms. The number of nitrogens with one attached hydrogen (secondary N) is 1. The number of rotatable bonds is 3. The molecule has 2 heterocycles. The van der Waals surface area contributed by atoms with Gasteiger partial charge >= 0.3 is 0 Å². The van der Waals surface area contributed by atoms with Crippen molar-refractivity contribution in [1.29, 1.82) is 0 Å². The highest BCUT2D eigenvalue weighted by molar-refractivity contribution is 7.99. The molecule has 1 N–H and O–H groups in total. The first-order valence-electron chi connectivity index (χ1n) is 7.41. The predicted molar refractivity (Wildman–Crippen MR) is 81.6 cm³/mol. The minimum atomic E-state index is -0.120. The lowest BCUT2D eigenvalue weighted by molar-refractivity contribution is -0.0712. The van der Waals surface area contributed by atoms with E-state index in [0.29, 0.717) is 6.04 Å². The molecule has 2 aliphatic rings. The van der Waals surface area contributed by atoms with E-state index in [9.17, 15) is 4.39 Å². The molecule has 3 atom stereocenters. The maximum atomic E-state index is 13.8. The van der Waals surface area contributed by atoms with Crippen LogP contribution in [0, 0.1) is 5.82 Å². The Morgan fingerprint density at radius 1 is 1.45 bits per heavy atom. The Morgan fingerprint density at radius 2 is 2.30 bits per heavy atom. The van der Waals surface area contributed by atoms with E-state index in [1.165, 1.54) is 11.8 Å². The van der Waals surface area contributed by atoms with Gasteiger partial charge in [-0.3, -0.25) is 0 Å². The van der Waals surface area contributed by atoms with E-state index >= 15 is 0 Å². The quantitative estimate of drug-likeness (QED) is 0.922. The minimum absolute atomic E-state index is 0.0467. The van der Waals surface area contributed by atoms with Crippen LogP contribution >= 0.6 is 11.8 Å². The Kier molecular flexibility index (Phi) is 4.34. The van der Waals surface area contributed by atoms with Crippen LogP contribution < -0.4 is 5.32 Å². The SMILES string of the molecule is C[C@@H](NC1CCOC2(CCSC2)C1)c1ccccc1F. The molecule has 4 heteroatoms. The third kappa shape index (κ3) is 3.02. The van der Waals surface area contributed by atoms with Crippen LogP contribution in [0.1, 0.15) is 37.8 Å². The summed E-state index contributed by atoms with van der Waals surface area (Å²) in [5.74, 6) is 2.19. The summed E-state index contributed by atoms with van der Waals surface area (Å²) in [5, 5.41) is 3.60. The number of hydrogen-bond acceptors (Lipinski definition) is 3. The van der Waals surface area contributed by atoms with E-state index in [2.05, 4.69) is 5.32 Å². The molecule has 0 aromatic heterocycles. The van der Waals surface area contributed by atoms with Crippen molar-refractivity contribution in [2.45, 2.75) is 43.9 Å². The molecule has 0 aliphatic carbocycles. The molecule has 2 nitrogen and oxygen atoms in total. The normalized spacial score (nSPS) is 31.6. The summed E-state index contributed by atoms with van der Waals surface area (Å²) in [4.78, 5) is 0. The highest BCUT2D eigenvalue weighted by Crippen LogP contribution is 2.38. The molecule has 3 rings (SSSR count). The van der Waals surface area contributed by atoms with E-state index in [1.807, 2.05) is 30.8 Å². The van der Waals surface area contributed by atoms with Crippen molar-refractivity contribution in [3.63, 3.8) is 0 Å². The fourth-order valence-electron chi connectivity index (χ4n) is 3.30. The monoisotopic (exact) mass is 295 g/mol. The lowest BCUT2D eigenvalue weighted by Gasteiger charge is -2.39. The van der Waals surface area contributed by atoms with Gasteiger partial charge in [-0.2, -0.15) is 11.8 Å². The third-order valence-electron chi connectivity index (χ3n) is 4.42. The Morgan fingerprint density at radius 3 is 3.05 bits per heavy atom. The molecule has 2 aliphatic heterocycles. The Hall–Kier alpha value is -0.580. The zero-order chi connectivity index (χ0) is 14.0. The van der Waals surface area contributed by atoms with Gasteiger partial charge in [0.25, 0.3) is 0 Å². The van der Waals surface area contributed by atoms with E-state index < -0.39 is 0 Å². The summed E-state index contributed by atoms with van der Waals surface area (Å²) in [7, 11) is 0. The maximum absolute atomic E-state index is 13.8. The second-order valence-corrected chi connectivity index (χ2v) is 7.04. The van der Waals surface area contributed by atoms with Gasteiger partial charge in [-0.1, -0.05) is 18.2 Å². The van der Waals surface area contributed by atoms with Gasteiger partial charge in [0.05, 0.1) is 5.60 Å². The molecule has 110 valence electrons. The first kappa shape index (κ1) is 14.4. The number of benzene rings is 1. The van der Waals surface area contributed by atoms with Crippen molar-refractivity contribution in [1.82, 2.24) is 5.32 Å². The largest absolute Gasteiger partial charge is 0.374 e. The Balaban J connectivity index is 1.64. The van der Waals surface area contributed by atoms with Gasteiger partial charge in [-0.05, 0) is 38.0 Å². The molecule has 1 aromatic carbocycles. The van der Waals surface area contributed by atoms with Crippen molar-refractivity contribution < 1.29 is 9.13 Å². The van der Waals surface area contributed by atoms with Crippen LogP contribution in [0.2, 0.25) is 0 Å². The fourth-order valence-corrected chi connectivity index (χ4v) is 4.68. The van der Waals surface area contributed by atoms with Crippen LogP contribution in [-0.2, 0) is 4.74 Å². The van der Waals surface area contributed by atoms with Gasteiger partial charge in [0, 0.05) is 30.0 Å². The smallest absolute Gasteiger partial charge is 0.127 e. The first-order valence-corrected chi connectivity index (χ1v) is 8.56. The Labute approximate surface area is 124 Å². The summed E-state index contributed by atoms with van der Waals surface area (Å²) in [5.41, 5.74) is 0.837. The second kappa shape index (κ2) is 6.04. The van der Waals surface area contributed by atoms with Crippen molar-refractivity contribution in [2.75, 3.05) is 18.1 Å². The van der Waals surface area contributed by atoms with Crippen molar-refractivity contribution in [2.24, 2.45) is 0 Å². The van der Waals surface area contributed by atoms with Gasteiger partial charge in [0.15, 0.2) is 0 Å². The van der Waals surface area contributed by atoms with Crippen molar-refractivity contribution in [3.8, 4) is 0 Å². The molecule has 0 amide bonds. The molecular weight excluding hydrogens is 273 g/mol. The average molecular weight is 295 g/mol. The predicted octanol–water partition coefficient (Wildman–Crippen LogP) is 3.53. The molecular formula is C16H22FNOS. The molecule has 1 spiro atoms. The number of hydrogen-bond donors (Lipinski definition) is 1. The van der Waals surface area contributed by atoms with Gasteiger partial charge in [-0.15, -0.1) is 0 Å². The molecule has 0 radical (unpaired) electrons. The maximum Gasteiger partial charge on any atom is 0.127 e. The fraction of sp³-hybridized carbons (Fsp3) is 0.625. The molecule has 2 saturated heterocycles. The van der Waals surface area contributed by atoms with Crippen LogP contribution in [0.15, 0.2) is 24.3 Å². The van der Waals surface area contributed by atoms with Gasteiger partial charge in [-0.25, -0.2) is 4.39 Å². The van der Waals surface area contributed by atoms with E-state index in [4.69, 9.17) is 4.74 Å². The van der Waals surface area contributed by atoms with Crippen LogP contribution in [0.5, 0.6) is 0 Å². The highest BCUT2D eigenvalue weighted by atomic mass is 32.2. The van der Waals surface area contributed by atoms with E-state index in [0.717, 1.165) is 37.2 Å². The molecule has 20 heavy (non-hydrogen) atoms. The van der Waals surface area contributed by atoms with E-state index in [-0.39, 0.29) is 17.5 Å². The van der Waals surface area contributed by atoms with Crippen LogP contribution in [0.4, 0.5) is 4.39 Å². The van der Waals surface area contributed by atoms with Crippen molar-refractivity contribution in [3.05, 3.63) is 35.6 Å². The molecule has 0 saturated carbocycles. The third-order valence-corrected chi connectivity index (χ3v) is 5.64. The second-order valence-electron chi connectivity index (χ2n) is 5.93. The zero-order valence-corrected chi connectivity index (χ0v) is 12.7. The summed E-state index contributed by atoms with van der Waals surface area (Å²) in [6.45, 7) is 2.87. The summed E-state index contributed by atoms with van der Waals surface area (Å²) in [6, 6.07) is 7.52. The Bertz CT molecular complexity index is 462. The molecule has 2 fully saturated rings. The standard InChI is InChI=1S/C16H22FNOS/c1-12(14-4-2-3-5-15(14)17)18-13-6-8-19-16(10-13)7-9-20-11-16/h2-5,12-13,18H,6-11H2,1H3/t12-,13?,16?/m1/s1. The first-order chi connectivity index (χ1) is 9.69. The summed E-state index contributed by atoms with van der Waals surface area (Å²) >= 11 is 1.99. The van der Waals surface area contributed by atoms with Gasteiger partial charge in [0.1, 0.15) is 5.82 Å². The van der Waals surface area contributed by atoms with E-state index in [1.54, 1.807) is 6.07 Å². The number of ether oxygens (including phenoxy) is 1. The summed E-state index contributed by atoms with van der Waals surface area (Å²) < 4.78 is 19.9. The van der Waals surface area contributed by atoms with Crippen LogP contribution in [0.25, 0.3) is 0 Å². The topological polar surface area (TPSA) is 21.3 Å².